The first kappa shape index (κ1) is 18.0. The number of amides is 1. The lowest BCUT2D eigenvalue weighted by atomic mass is 9.96. The Morgan fingerprint density at radius 2 is 1.87 bits per heavy atom. The predicted octanol–water partition coefficient (Wildman–Crippen LogP) is 4.07. The number of nitriles is 1. The highest BCUT2D eigenvalue weighted by atomic mass is 16.5. The fourth-order valence-corrected chi connectivity index (χ4v) is 4.08. The average molecular weight is 394 g/mol. The number of methoxy groups -OCH3 is 1. The van der Waals surface area contributed by atoms with Crippen LogP contribution in [-0.4, -0.2) is 29.4 Å². The predicted molar refractivity (Wildman–Crippen MR) is 114 cm³/mol. The number of fused-ring (bicyclic) bond motifs is 2. The first-order valence-corrected chi connectivity index (χ1v) is 9.54. The number of hydrogen-bond acceptors (Lipinski definition) is 4. The van der Waals surface area contributed by atoms with Gasteiger partial charge in [0, 0.05) is 18.3 Å². The SMILES string of the molecule is COc1cc(-c2ccc(C#N)cc2)c(-c2ccc3c(c2)CC(=O)N3C)n2cncc12. The summed E-state index contributed by atoms with van der Waals surface area (Å²) in [6.45, 7) is 0. The molecule has 146 valence electrons. The van der Waals surface area contributed by atoms with Crippen molar-refractivity contribution >= 4 is 17.1 Å². The standard InChI is InChI=1S/C24H18N4O2/c1-27-20-8-7-17(9-18(20)10-23(27)29)24-19(16-5-3-15(12-25)4-6-16)11-22(30-2)21-13-26-14-28(21)24/h3-9,11,13-14H,10H2,1-2H3. The van der Waals surface area contributed by atoms with Crippen LogP contribution in [0.25, 0.3) is 27.9 Å². The third kappa shape index (κ3) is 2.64. The summed E-state index contributed by atoms with van der Waals surface area (Å²) >= 11 is 0. The molecule has 1 aliphatic rings. The van der Waals surface area contributed by atoms with Gasteiger partial charge in [0.25, 0.3) is 0 Å². The van der Waals surface area contributed by atoms with Crippen molar-refractivity contribution in [1.29, 1.82) is 5.26 Å². The number of likely N-dealkylation sites (N-methyl/N-ethyl adjacent to an activating group) is 1. The van der Waals surface area contributed by atoms with Gasteiger partial charge in [0.2, 0.25) is 5.91 Å². The van der Waals surface area contributed by atoms with E-state index in [0.717, 1.165) is 39.2 Å². The number of nitrogens with zero attached hydrogens (tertiary/aromatic N) is 4. The van der Waals surface area contributed by atoms with E-state index in [1.807, 2.05) is 34.7 Å². The second kappa shape index (κ2) is 6.75. The van der Waals surface area contributed by atoms with E-state index < -0.39 is 0 Å². The molecule has 0 N–H and O–H groups in total. The van der Waals surface area contributed by atoms with Gasteiger partial charge in [-0.15, -0.1) is 0 Å². The van der Waals surface area contributed by atoms with Gasteiger partial charge in [0.15, 0.2) is 0 Å². The molecule has 2 aromatic heterocycles. The molecule has 0 fully saturated rings. The number of imidazole rings is 1. The largest absolute Gasteiger partial charge is 0.494 e. The first-order chi connectivity index (χ1) is 14.6. The lowest BCUT2D eigenvalue weighted by Crippen LogP contribution is -2.20. The second-order valence-corrected chi connectivity index (χ2v) is 7.29. The molecule has 30 heavy (non-hydrogen) atoms. The van der Waals surface area contributed by atoms with Crippen LogP contribution in [0, 0.1) is 11.3 Å². The second-order valence-electron chi connectivity index (χ2n) is 7.29. The number of hydrogen-bond donors (Lipinski definition) is 0. The number of aromatic nitrogens is 2. The molecule has 1 aliphatic heterocycles. The van der Waals surface area contributed by atoms with Crippen LogP contribution in [0.3, 0.4) is 0 Å². The number of carbonyl (C=O) groups excluding carboxylic acids is 1. The fraction of sp³-hybridized carbons (Fsp3) is 0.125. The van der Waals surface area contributed by atoms with Crippen LogP contribution in [0.2, 0.25) is 0 Å². The van der Waals surface area contributed by atoms with Crippen LogP contribution in [0.5, 0.6) is 5.75 Å². The molecule has 0 saturated heterocycles. The van der Waals surface area contributed by atoms with Crippen LogP contribution in [0.4, 0.5) is 5.69 Å². The monoisotopic (exact) mass is 394 g/mol. The van der Waals surface area contributed by atoms with E-state index in [0.29, 0.717) is 17.7 Å². The maximum Gasteiger partial charge on any atom is 0.231 e. The Kier molecular flexibility index (Phi) is 4.04. The topological polar surface area (TPSA) is 70.6 Å². The average Bonchev–Trinajstić information content (AvgIpc) is 3.37. The van der Waals surface area contributed by atoms with Gasteiger partial charge in [0.05, 0.1) is 43.4 Å². The number of benzene rings is 2. The van der Waals surface area contributed by atoms with E-state index in [4.69, 9.17) is 10.00 Å². The molecule has 0 atom stereocenters. The summed E-state index contributed by atoms with van der Waals surface area (Å²) < 4.78 is 7.63. The number of rotatable bonds is 3. The Labute approximate surface area is 173 Å². The molecule has 6 nitrogen and oxygen atoms in total. The van der Waals surface area contributed by atoms with Gasteiger partial charge in [-0.05, 0) is 47.0 Å². The van der Waals surface area contributed by atoms with E-state index >= 15 is 0 Å². The van der Waals surface area contributed by atoms with E-state index in [1.165, 1.54) is 0 Å². The number of anilines is 1. The van der Waals surface area contributed by atoms with Crippen molar-refractivity contribution in [1.82, 2.24) is 9.38 Å². The third-order valence-electron chi connectivity index (χ3n) is 5.64. The number of ether oxygens (including phenoxy) is 1. The molecule has 0 unspecified atom stereocenters. The van der Waals surface area contributed by atoms with Gasteiger partial charge in [-0.2, -0.15) is 5.26 Å². The minimum atomic E-state index is 0.0944. The summed E-state index contributed by atoms with van der Waals surface area (Å²) in [5.41, 5.74) is 7.29. The fourth-order valence-electron chi connectivity index (χ4n) is 4.08. The van der Waals surface area contributed by atoms with Crippen LogP contribution < -0.4 is 9.64 Å². The van der Waals surface area contributed by atoms with Crippen molar-refractivity contribution in [2.75, 3.05) is 19.1 Å². The Balaban J connectivity index is 1.79. The van der Waals surface area contributed by atoms with Gasteiger partial charge < -0.3 is 9.64 Å². The lowest BCUT2D eigenvalue weighted by molar-refractivity contribution is -0.117. The van der Waals surface area contributed by atoms with Gasteiger partial charge in [-0.1, -0.05) is 18.2 Å². The summed E-state index contributed by atoms with van der Waals surface area (Å²) in [6, 6.07) is 17.7. The minimum absolute atomic E-state index is 0.0944. The van der Waals surface area contributed by atoms with Crippen molar-refractivity contribution in [3.05, 3.63) is 72.2 Å². The maximum absolute atomic E-state index is 12.2. The number of carbonyl (C=O) groups is 1. The Hall–Kier alpha value is -4.11. The summed E-state index contributed by atoms with van der Waals surface area (Å²) in [6.07, 6.45) is 3.94. The zero-order valence-corrected chi connectivity index (χ0v) is 16.6. The number of pyridine rings is 1. The normalized spacial score (nSPS) is 12.8. The van der Waals surface area contributed by atoms with Gasteiger partial charge >= 0.3 is 0 Å². The van der Waals surface area contributed by atoms with Gasteiger partial charge in [-0.3, -0.25) is 9.20 Å². The van der Waals surface area contributed by atoms with Gasteiger partial charge in [0.1, 0.15) is 11.3 Å². The Bertz CT molecular complexity index is 1350. The highest BCUT2D eigenvalue weighted by Gasteiger charge is 2.25. The van der Waals surface area contributed by atoms with Crippen LogP contribution >= 0.6 is 0 Å². The Morgan fingerprint density at radius 1 is 1.10 bits per heavy atom. The molecule has 6 heteroatoms. The molecule has 2 aromatic carbocycles. The third-order valence-corrected chi connectivity index (χ3v) is 5.64. The molecule has 4 aromatic rings. The zero-order chi connectivity index (χ0) is 20.8. The molecule has 1 amide bonds. The molecule has 5 rings (SSSR count). The summed E-state index contributed by atoms with van der Waals surface area (Å²) in [5, 5.41) is 9.15. The Morgan fingerprint density at radius 3 is 2.60 bits per heavy atom. The molecule has 0 spiro atoms. The lowest BCUT2D eigenvalue weighted by Gasteiger charge is -2.17. The molecular formula is C24H18N4O2. The molecule has 0 radical (unpaired) electrons. The van der Waals surface area contributed by atoms with Crippen molar-refractivity contribution < 1.29 is 9.53 Å². The smallest absolute Gasteiger partial charge is 0.231 e. The van der Waals surface area contributed by atoms with Crippen LogP contribution in [0.1, 0.15) is 11.1 Å². The van der Waals surface area contributed by atoms with Crippen molar-refractivity contribution in [3.63, 3.8) is 0 Å². The molecular weight excluding hydrogens is 376 g/mol. The first-order valence-electron chi connectivity index (χ1n) is 9.54. The highest BCUT2D eigenvalue weighted by molar-refractivity contribution is 6.01. The molecule has 0 saturated carbocycles. The summed E-state index contributed by atoms with van der Waals surface area (Å²) in [4.78, 5) is 18.2. The van der Waals surface area contributed by atoms with Crippen LogP contribution in [0.15, 0.2) is 61.1 Å². The zero-order valence-electron chi connectivity index (χ0n) is 16.6. The molecule has 3 heterocycles. The van der Waals surface area contributed by atoms with Crippen molar-refractivity contribution in [2.24, 2.45) is 0 Å². The van der Waals surface area contributed by atoms with Crippen LogP contribution in [-0.2, 0) is 11.2 Å². The van der Waals surface area contributed by atoms with Crippen molar-refractivity contribution in [3.8, 4) is 34.2 Å². The van der Waals surface area contributed by atoms with Crippen molar-refractivity contribution in [2.45, 2.75) is 6.42 Å². The summed E-state index contributed by atoms with van der Waals surface area (Å²) in [7, 11) is 3.44. The molecule has 0 bridgehead atoms. The van der Waals surface area contributed by atoms with E-state index in [9.17, 15) is 4.79 Å². The van der Waals surface area contributed by atoms with Gasteiger partial charge in [-0.25, -0.2) is 4.98 Å². The minimum Gasteiger partial charge on any atom is -0.494 e. The quantitative estimate of drug-likeness (QED) is 0.525. The molecule has 0 aliphatic carbocycles. The van der Waals surface area contributed by atoms with E-state index in [-0.39, 0.29) is 5.91 Å². The highest BCUT2D eigenvalue weighted by Crippen LogP contribution is 2.40. The van der Waals surface area contributed by atoms with E-state index in [2.05, 4.69) is 17.1 Å². The maximum atomic E-state index is 12.2. The summed E-state index contributed by atoms with van der Waals surface area (Å²) in [5.74, 6) is 0.809. The van der Waals surface area contributed by atoms with E-state index in [1.54, 1.807) is 43.7 Å².